The highest BCUT2D eigenvalue weighted by molar-refractivity contribution is 7.99. The minimum Gasteiger partial charge on any atom is -0.497 e. The van der Waals surface area contributed by atoms with Crippen molar-refractivity contribution >= 4 is 11.8 Å². The smallest absolute Gasteiger partial charge is 0.257 e. The summed E-state index contributed by atoms with van der Waals surface area (Å²) in [4.78, 5) is 4.55. The number of oxazole rings is 1. The third kappa shape index (κ3) is 3.38. The fourth-order valence-electron chi connectivity index (χ4n) is 2.19. The molecule has 0 fully saturated rings. The van der Waals surface area contributed by atoms with Crippen LogP contribution in [-0.2, 0) is 0 Å². The van der Waals surface area contributed by atoms with E-state index in [9.17, 15) is 0 Å². The van der Waals surface area contributed by atoms with Gasteiger partial charge in [0, 0.05) is 11.1 Å². The number of ether oxygens (including phenoxy) is 1. The Labute approximate surface area is 138 Å². The third-order valence-corrected chi connectivity index (χ3v) is 3.96. The van der Waals surface area contributed by atoms with Gasteiger partial charge in [0.2, 0.25) is 0 Å². The van der Waals surface area contributed by atoms with Gasteiger partial charge in [-0.2, -0.15) is 5.26 Å². The first-order chi connectivity index (χ1) is 11.3. The average molecular weight is 322 g/mol. The maximum Gasteiger partial charge on any atom is 0.257 e. The van der Waals surface area contributed by atoms with Crippen LogP contribution in [0.2, 0.25) is 0 Å². The lowest BCUT2D eigenvalue weighted by Crippen LogP contribution is -1.85. The van der Waals surface area contributed by atoms with Crippen LogP contribution in [0.3, 0.4) is 0 Å². The number of methoxy groups -OCH3 is 1. The summed E-state index contributed by atoms with van der Waals surface area (Å²) in [6.07, 6.45) is 0. The summed E-state index contributed by atoms with van der Waals surface area (Å²) in [7, 11) is 1.64. The van der Waals surface area contributed by atoms with Gasteiger partial charge >= 0.3 is 0 Å². The molecule has 3 aromatic rings. The average Bonchev–Trinajstić information content (AvgIpc) is 3.05. The van der Waals surface area contributed by atoms with Crippen molar-refractivity contribution in [2.75, 3.05) is 12.9 Å². The highest BCUT2D eigenvalue weighted by atomic mass is 32.2. The lowest BCUT2D eigenvalue weighted by Gasteiger charge is -2.03. The van der Waals surface area contributed by atoms with Crippen LogP contribution < -0.4 is 4.74 Å². The fraction of sp³-hybridized carbons (Fsp3) is 0.111. The van der Waals surface area contributed by atoms with Crippen LogP contribution in [-0.4, -0.2) is 17.8 Å². The Kier molecular flexibility index (Phi) is 4.65. The predicted molar refractivity (Wildman–Crippen MR) is 90.3 cm³/mol. The standard InChI is InChI=1S/C18H14N2O2S/c1-21-15-9-7-13(8-10-15)16-17(14-5-3-2-4-6-14)22-18(20-16)23-12-11-19/h2-10H,12H2,1H3. The molecule has 0 bridgehead atoms. The van der Waals surface area contributed by atoms with Gasteiger partial charge in [0.1, 0.15) is 11.4 Å². The molecule has 0 unspecified atom stereocenters. The second-order valence-electron chi connectivity index (χ2n) is 4.70. The Hall–Kier alpha value is -2.71. The number of thioether (sulfide) groups is 1. The third-order valence-electron chi connectivity index (χ3n) is 3.27. The zero-order valence-corrected chi connectivity index (χ0v) is 13.3. The van der Waals surface area contributed by atoms with Crippen LogP contribution in [0.1, 0.15) is 0 Å². The van der Waals surface area contributed by atoms with Crippen molar-refractivity contribution < 1.29 is 9.15 Å². The molecule has 23 heavy (non-hydrogen) atoms. The van der Waals surface area contributed by atoms with Gasteiger partial charge in [-0.15, -0.1) is 0 Å². The molecule has 1 heterocycles. The number of aromatic nitrogens is 1. The van der Waals surface area contributed by atoms with E-state index >= 15 is 0 Å². The molecule has 0 radical (unpaired) electrons. The van der Waals surface area contributed by atoms with E-state index in [2.05, 4.69) is 11.1 Å². The van der Waals surface area contributed by atoms with E-state index in [4.69, 9.17) is 14.4 Å². The van der Waals surface area contributed by atoms with Gasteiger partial charge in [-0.3, -0.25) is 0 Å². The summed E-state index contributed by atoms with van der Waals surface area (Å²) in [6.45, 7) is 0. The van der Waals surface area contributed by atoms with Gasteiger partial charge in [-0.1, -0.05) is 42.1 Å². The normalized spacial score (nSPS) is 10.3. The zero-order valence-electron chi connectivity index (χ0n) is 12.5. The van der Waals surface area contributed by atoms with Crippen LogP contribution in [0.4, 0.5) is 0 Å². The molecule has 0 aliphatic heterocycles. The molecule has 0 atom stereocenters. The van der Waals surface area contributed by atoms with Crippen molar-refractivity contribution in [2.45, 2.75) is 5.22 Å². The lowest BCUT2D eigenvalue weighted by atomic mass is 10.1. The first-order valence-corrected chi connectivity index (χ1v) is 8.01. The fourth-order valence-corrected chi connectivity index (χ4v) is 2.67. The van der Waals surface area contributed by atoms with Gasteiger partial charge in [-0.05, 0) is 24.3 Å². The molecule has 0 saturated carbocycles. The van der Waals surface area contributed by atoms with Crippen molar-refractivity contribution in [3.63, 3.8) is 0 Å². The molecule has 4 nitrogen and oxygen atoms in total. The maximum atomic E-state index is 8.74. The van der Waals surface area contributed by atoms with E-state index in [1.54, 1.807) is 7.11 Å². The maximum absolute atomic E-state index is 8.74. The molecule has 0 aliphatic carbocycles. The number of hydrogen-bond acceptors (Lipinski definition) is 5. The Morgan fingerprint density at radius 2 is 1.83 bits per heavy atom. The monoisotopic (exact) mass is 322 g/mol. The van der Waals surface area contributed by atoms with Gasteiger partial charge in [0.25, 0.3) is 5.22 Å². The second kappa shape index (κ2) is 7.03. The highest BCUT2D eigenvalue weighted by Gasteiger charge is 2.17. The van der Waals surface area contributed by atoms with Gasteiger partial charge in [0.15, 0.2) is 5.76 Å². The van der Waals surface area contributed by atoms with Crippen LogP contribution in [0, 0.1) is 11.3 Å². The van der Waals surface area contributed by atoms with Crippen molar-refractivity contribution in [3.05, 3.63) is 54.6 Å². The number of nitriles is 1. The van der Waals surface area contributed by atoms with E-state index in [0.29, 0.717) is 16.7 Å². The zero-order chi connectivity index (χ0) is 16.1. The summed E-state index contributed by atoms with van der Waals surface area (Å²) in [6, 6.07) is 19.6. The molecule has 0 amide bonds. The lowest BCUT2D eigenvalue weighted by molar-refractivity contribution is 0.415. The minimum absolute atomic E-state index is 0.302. The largest absolute Gasteiger partial charge is 0.497 e. The quantitative estimate of drug-likeness (QED) is 0.641. The molecule has 114 valence electrons. The van der Waals surface area contributed by atoms with Crippen molar-refractivity contribution in [1.29, 1.82) is 5.26 Å². The highest BCUT2D eigenvalue weighted by Crippen LogP contribution is 2.35. The molecule has 3 rings (SSSR count). The number of benzene rings is 2. The molecule has 5 heteroatoms. The summed E-state index contributed by atoms with van der Waals surface area (Å²) in [5.74, 6) is 1.80. The molecular weight excluding hydrogens is 308 g/mol. The minimum atomic E-state index is 0.302. The number of nitrogens with zero attached hydrogens (tertiary/aromatic N) is 2. The van der Waals surface area contributed by atoms with Crippen LogP contribution in [0.25, 0.3) is 22.6 Å². The molecule has 0 N–H and O–H groups in total. The summed E-state index contributed by atoms with van der Waals surface area (Å²) in [5, 5.41) is 9.24. The van der Waals surface area contributed by atoms with Crippen molar-refractivity contribution in [1.82, 2.24) is 4.98 Å². The predicted octanol–water partition coefficient (Wildman–Crippen LogP) is 4.63. The number of rotatable bonds is 5. The van der Waals surface area contributed by atoms with Crippen molar-refractivity contribution in [3.8, 4) is 34.4 Å². The van der Waals surface area contributed by atoms with Gasteiger partial charge < -0.3 is 9.15 Å². The Morgan fingerprint density at radius 1 is 1.09 bits per heavy atom. The molecule has 2 aromatic carbocycles. The summed E-state index contributed by atoms with van der Waals surface area (Å²) < 4.78 is 11.1. The first kappa shape index (κ1) is 15.2. The first-order valence-electron chi connectivity index (χ1n) is 7.02. The van der Waals surface area contributed by atoms with Crippen LogP contribution >= 0.6 is 11.8 Å². The Morgan fingerprint density at radius 3 is 2.48 bits per heavy atom. The Bertz CT molecular complexity index is 820. The SMILES string of the molecule is COc1ccc(-c2nc(SCC#N)oc2-c2ccccc2)cc1. The molecule has 0 aliphatic rings. The van der Waals surface area contributed by atoms with E-state index in [1.165, 1.54) is 11.8 Å². The summed E-state index contributed by atoms with van der Waals surface area (Å²) >= 11 is 1.29. The molecular formula is C18H14N2O2S. The van der Waals surface area contributed by atoms with Crippen LogP contribution in [0.5, 0.6) is 5.75 Å². The number of hydrogen-bond donors (Lipinski definition) is 0. The molecule has 1 aromatic heterocycles. The van der Waals surface area contributed by atoms with Crippen molar-refractivity contribution in [2.24, 2.45) is 0 Å². The molecule has 0 saturated heterocycles. The van der Waals surface area contributed by atoms with E-state index in [1.807, 2.05) is 54.6 Å². The Balaban J connectivity index is 2.06. The van der Waals surface area contributed by atoms with Gasteiger partial charge in [0.05, 0.1) is 18.9 Å². The van der Waals surface area contributed by atoms with Crippen LogP contribution in [0.15, 0.2) is 64.2 Å². The van der Waals surface area contributed by atoms with E-state index in [0.717, 1.165) is 22.6 Å². The van der Waals surface area contributed by atoms with Gasteiger partial charge in [-0.25, -0.2) is 4.98 Å². The second-order valence-corrected chi connectivity index (χ2v) is 5.63. The molecule has 0 spiro atoms. The summed E-state index contributed by atoms with van der Waals surface area (Å²) in [5.41, 5.74) is 2.66. The van der Waals surface area contributed by atoms with E-state index in [-0.39, 0.29) is 0 Å². The van der Waals surface area contributed by atoms with E-state index < -0.39 is 0 Å². The topological polar surface area (TPSA) is 59.0 Å².